The zero-order valence-electron chi connectivity index (χ0n) is 21.5. The lowest BCUT2D eigenvalue weighted by Crippen LogP contribution is -2.17. The largest absolute Gasteiger partial charge is 0.492 e. The van der Waals surface area contributed by atoms with E-state index in [2.05, 4.69) is 25.8 Å². The third-order valence-electron chi connectivity index (χ3n) is 6.60. The molecular formula is C27H31N6O4P. The second-order valence-corrected chi connectivity index (χ2v) is 10.7. The lowest BCUT2D eigenvalue weighted by molar-refractivity contribution is 0.225. The highest BCUT2D eigenvalue weighted by Crippen LogP contribution is 2.48. The topological polar surface area (TPSA) is 116 Å². The average molecular weight is 535 g/mol. The molecule has 1 fully saturated rings. The van der Waals surface area contributed by atoms with E-state index in [4.69, 9.17) is 13.8 Å². The number of aromatic nitrogens is 4. The van der Waals surface area contributed by atoms with Crippen molar-refractivity contribution in [3.05, 3.63) is 60.7 Å². The minimum atomic E-state index is -3.45. The Morgan fingerprint density at radius 2 is 1.89 bits per heavy atom. The van der Waals surface area contributed by atoms with E-state index < -0.39 is 7.75 Å². The monoisotopic (exact) mass is 534 g/mol. The maximum Gasteiger partial charge on any atom is 0.432 e. The molecule has 1 N–H and O–H groups in total. The molecule has 0 radical (unpaired) electrons. The van der Waals surface area contributed by atoms with Crippen molar-refractivity contribution < 1.29 is 18.3 Å². The van der Waals surface area contributed by atoms with Crippen LogP contribution in [-0.4, -0.2) is 39.2 Å². The number of ether oxygens (including phenoxy) is 1. The van der Waals surface area contributed by atoms with Gasteiger partial charge < -0.3 is 9.30 Å². The molecule has 0 atom stereocenters. The molecule has 10 nitrogen and oxygen atoms in total. The molecule has 2 aromatic heterocycles. The maximum atomic E-state index is 12.9. The van der Waals surface area contributed by atoms with Crippen LogP contribution in [0.4, 0.5) is 5.69 Å². The van der Waals surface area contributed by atoms with Crippen LogP contribution in [0.5, 0.6) is 5.75 Å². The van der Waals surface area contributed by atoms with Gasteiger partial charge in [-0.05, 0) is 69.0 Å². The van der Waals surface area contributed by atoms with Gasteiger partial charge >= 0.3 is 7.75 Å². The molecule has 0 saturated heterocycles. The van der Waals surface area contributed by atoms with E-state index in [1.807, 2.05) is 42.5 Å². The van der Waals surface area contributed by atoms with Crippen molar-refractivity contribution in [1.82, 2.24) is 19.3 Å². The van der Waals surface area contributed by atoms with Crippen LogP contribution in [0.2, 0.25) is 0 Å². The molecule has 2 heterocycles. The van der Waals surface area contributed by atoms with Crippen LogP contribution in [-0.2, 0) is 20.2 Å². The fourth-order valence-corrected chi connectivity index (χ4v) is 6.06. The number of nitrogens with zero attached hydrogens (tertiary/aromatic N) is 5. The number of rotatable bonds is 12. The summed E-state index contributed by atoms with van der Waals surface area (Å²) >= 11 is 0. The Morgan fingerprint density at radius 3 is 2.50 bits per heavy atom. The molecule has 38 heavy (non-hydrogen) atoms. The molecule has 0 spiro atoms. The number of fused-ring (bicyclic) bond motifs is 1. The van der Waals surface area contributed by atoms with Crippen LogP contribution in [0.1, 0.15) is 44.7 Å². The van der Waals surface area contributed by atoms with Gasteiger partial charge in [0, 0.05) is 17.1 Å². The van der Waals surface area contributed by atoms with Crippen LogP contribution >= 0.6 is 7.75 Å². The summed E-state index contributed by atoms with van der Waals surface area (Å²) in [5.74, 6) is 0.702. The quantitative estimate of drug-likeness (QED) is 0.215. The normalized spacial score (nSPS) is 13.8. The standard InChI is InChI=1S/C27H31N6O4P/c1-3-36-38(34,37-4-2)31-21-10-8-20(9-11-21)27-25(17-28)24-16-23(35-15-14-32-19-29-18-30-32)12-13-26(24)33(27)22-6-5-7-22/h8-13,16,18-19,22H,3-7,14-15H2,1-2H3,(H,31,34). The number of nitrogens with one attached hydrogen (secondary N) is 1. The predicted octanol–water partition coefficient (Wildman–Crippen LogP) is 6.17. The van der Waals surface area contributed by atoms with E-state index >= 15 is 0 Å². The Labute approximate surface area is 221 Å². The minimum Gasteiger partial charge on any atom is -0.492 e. The summed E-state index contributed by atoms with van der Waals surface area (Å²) in [4.78, 5) is 3.95. The van der Waals surface area contributed by atoms with Crippen molar-refractivity contribution in [3.63, 3.8) is 0 Å². The van der Waals surface area contributed by atoms with Gasteiger partial charge in [0.15, 0.2) is 0 Å². The highest BCUT2D eigenvalue weighted by molar-refractivity contribution is 7.55. The third-order valence-corrected chi connectivity index (χ3v) is 8.33. The van der Waals surface area contributed by atoms with E-state index in [0.29, 0.717) is 36.2 Å². The van der Waals surface area contributed by atoms with Crippen LogP contribution in [0, 0.1) is 11.3 Å². The molecule has 2 aromatic carbocycles. The van der Waals surface area contributed by atoms with Crippen molar-refractivity contribution in [3.8, 4) is 23.1 Å². The van der Waals surface area contributed by atoms with Gasteiger partial charge in [-0.15, -0.1) is 0 Å². The van der Waals surface area contributed by atoms with Crippen molar-refractivity contribution in [1.29, 1.82) is 5.26 Å². The number of anilines is 1. The zero-order valence-corrected chi connectivity index (χ0v) is 22.4. The van der Waals surface area contributed by atoms with Gasteiger partial charge in [0.25, 0.3) is 0 Å². The Hall–Kier alpha value is -3.64. The fraction of sp³-hybridized carbons (Fsp3) is 0.370. The van der Waals surface area contributed by atoms with Crippen LogP contribution < -0.4 is 9.82 Å². The summed E-state index contributed by atoms with van der Waals surface area (Å²) in [5, 5.41) is 18.1. The SMILES string of the molecule is CCOP(=O)(Nc1ccc(-c2c(C#N)c3cc(OCCn4cncn4)ccc3n2C2CCC2)cc1)OCC. The number of hydrogen-bond acceptors (Lipinski definition) is 7. The van der Waals surface area contributed by atoms with E-state index in [9.17, 15) is 9.83 Å². The number of benzene rings is 2. The summed E-state index contributed by atoms with van der Waals surface area (Å²) in [6.07, 6.45) is 6.46. The van der Waals surface area contributed by atoms with Crippen molar-refractivity contribution >= 4 is 24.3 Å². The first-order chi connectivity index (χ1) is 18.5. The summed E-state index contributed by atoms with van der Waals surface area (Å²) in [6, 6.07) is 16.3. The first-order valence-corrected chi connectivity index (χ1v) is 14.4. The van der Waals surface area contributed by atoms with Gasteiger partial charge in [-0.1, -0.05) is 12.1 Å². The molecule has 4 aromatic rings. The molecule has 0 unspecified atom stereocenters. The molecule has 1 aliphatic rings. The molecule has 0 amide bonds. The zero-order chi connectivity index (χ0) is 26.5. The van der Waals surface area contributed by atoms with Crippen LogP contribution in [0.25, 0.3) is 22.2 Å². The summed E-state index contributed by atoms with van der Waals surface area (Å²) in [6.45, 7) is 5.09. The Bertz CT molecular complexity index is 1460. The summed E-state index contributed by atoms with van der Waals surface area (Å²) < 4.78 is 33.6. The van der Waals surface area contributed by atoms with Crippen LogP contribution in [0.15, 0.2) is 55.1 Å². The van der Waals surface area contributed by atoms with E-state index in [1.54, 1.807) is 24.9 Å². The lowest BCUT2D eigenvalue weighted by Gasteiger charge is -2.30. The van der Waals surface area contributed by atoms with Crippen LogP contribution in [0.3, 0.4) is 0 Å². The summed E-state index contributed by atoms with van der Waals surface area (Å²) in [5.41, 5.74) is 4.04. The molecule has 0 aliphatic heterocycles. The molecule has 1 saturated carbocycles. The van der Waals surface area contributed by atoms with E-state index in [1.165, 1.54) is 12.7 Å². The van der Waals surface area contributed by atoms with Crippen molar-refractivity contribution in [2.24, 2.45) is 0 Å². The fourth-order valence-electron chi connectivity index (χ4n) is 4.71. The second kappa shape index (κ2) is 11.4. The third kappa shape index (κ3) is 5.32. The van der Waals surface area contributed by atoms with E-state index in [-0.39, 0.29) is 13.2 Å². The lowest BCUT2D eigenvalue weighted by atomic mass is 9.92. The van der Waals surface area contributed by atoms with Gasteiger partial charge in [0.1, 0.15) is 31.1 Å². The number of nitriles is 1. The Morgan fingerprint density at radius 1 is 1.13 bits per heavy atom. The minimum absolute atomic E-state index is 0.265. The maximum absolute atomic E-state index is 12.9. The first-order valence-electron chi connectivity index (χ1n) is 12.9. The smallest absolute Gasteiger partial charge is 0.432 e. The molecule has 11 heteroatoms. The Kier molecular flexibility index (Phi) is 7.79. The molecular weight excluding hydrogens is 503 g/mol. The van der Waals surface area contributed by atoms with E-state index in [0.717, 1.165) is 35.0 Å². The first kappa shape index (κ1) is 26.0. The van der Waals surface area contributed by atoms with Gasteiger partial charge in [0.2, 0.25) is 0 Å². The van der Waals surface area contributed by atoms with Gasteiger partial charge in [-0.2, -0.15) is 10.4 Å². The predicted molar refractivity (Wildman–Crippen MR) is 145 cm³/mol. The second-order valence-electron chi connectivity index (χ2n) is 9.00. The van der Waals surface area contributed by atoms with Gasteiger partial charge in [-0.25, -0.2) is 14.2 Å². The molecule has 5 rings (SSSR count). The molecule has 198 valence electrons. The van der Waals surface area contributed by atoms with Gasteiger partial charge in [-0.3, -0.25) is 14.1 Å². The number of hydrogen-bond donors (Lipinski definition) is 1. The molecule has 1 aliphatic carbocycles. The van der Waals surface area contributed by atoms with Crippen molar-refractivity contribution in [2.75, 3.05) is 24.9 Å². The van der Waals surface area contributed by atoms with Gasteiger partial charge in [0.05, 0.1) is 36.5 Å². The van der Waals surface area contributed by atoms with Crippen molar-refractivity contribution in [2.45, 2.75) is 45.7 Å². The summed E-state index contributed by atoms with van der Waals surface area (Å²) in [7, 11) is -3.45. The highest BCUT2D eigenvalue weighted by atomic mass is 31.2. The Balaban J connectivity index is 1.47. The highest BCUT2D eigenvalue weighted by Gasteiger charge is 2.28. The molecule has 0 bridgehead atoms. The average Bonchev–Trinajstić information content (AvgIpc) is 3.50.